The number of carbonyl (C=O) groups excluding carboxylic acids is 1. The van der Waals surface area contributed by atoms with Crippen LogP contribution in [0.3, 0.4) is 0 Å². The standard InChI is InChI=1S/C9H12O3/c1-4-5(2)8(10)6(3)7(4)9(11)12/h6-7H,1-3H3,(H,11,12). The van der Waals surface area contributed by atoms with Gasteiger partial charge in [0.2, 0.25) is 0 Å². The van der Waals surface area contributed by atoms with Crippen LogP contribution in [0.2, 0.25) is 0 Å². The van der Waals surface area contributed by atoms with E-state index in [1.54, 1.807) is 20.8 Å². The van der Waals surface area contributed by atoms with Crippen LogP contribution in [0.5, 0.6) is 0 Å². The van der Waals surface area contributed by atoms with Crippen LogP contribution < -0.4 is 0 Å². The number of Topliss-reactive ketones (excluding diaryl/α,β-unsaturated/α-hetero) is 1. The monoisotopic (exact) mass is 168 g/mol. The molecule has 0 bridgehead atoms. The van der Waals surface area contributed by atoms with Gasteiger partial charge in [-0.15, -0.1) is 0 Å². The molecule has 0 heterocycles. The van der Waals surface area contributed by atoms with Crippen LogP contribution in [0, 0.1) is 11.8 Å². The van der Waals surface area contributed by atoms with E-state index in [1.165, 1.54) is 0 Å². The van der Waals surface area contributed by atoms with E-state index in [0.29, 0.717) is 11.1 Å². The molecular weight excluding hydrogens is 156 g/mol. The molecule has 0 aromatic rings. The van der Waals surface area contributed by atoms with Crippen molar-refractivity contribution in [2.45, 2.75) is 20.8 Å². The zero-order valence-electron chi connectivity index (χ0n) is 7.42. The van der Waals surface area contributed by atoms with Gasteiger partial charge >= 0.3 is 5.97 Å². The third-order valence-electron chi connectivity index (χ3n) is 2.61. The van der Waals surface area contributed by atoms with Gasteiger partial charge in [0.25, 0.3) is 0 Å². The average molecular weight is 168 g/mol. The Bertz CT molecular complexity index is 275. The topological polar surface area (TPSA) is 54.4 Å². The van der Waals surface area contributed by atoms with Gasteiger partial charge in [-0.1, -0.05) is 12.5 Å². The first kappa shape index (κ1) is 8.97. The van der Waals surface area contributed by atoms with E-state index in [-0.39, 0.29) is 11.7 Å². The second-order valence-corrected chi connectivity index (χ2v) is 3.28. The van der Waals surface area contributed by atoms with Crippen LogP contribution in [-0.2, 0) is 9.59 Å². The summed E-state index contributed by atoms with van der Waals surface area (Å²) in [4.78, 5) is 22.0. The minimum atomic E-state index is -0.898. The fourth-order valence-corrected chi connectivity index (χ4v) is 1.69. The number of rotatable bonds is 1. The maximum atomic E-state index is 11.3. The molecule has 0 spiro atoms. The van der Waals surface area contributed by atoms with E-state index in [0.717, 1.165) is 0 Å². The molecule has 1 rings (SSSR count). The summed E-state index contributed by atoms with van der Waals surface area (Å²) < 4.78 is 0. The summed E-state index contributed by atoms with van der Waals surface area (Å²) in [5.74, 6) is -1.91. The predicted molar refractivity (Wildman–Crippen MR) is 43.7 cm³/mol. The lowest BCUT2D eigenvalue weighted by Gasteiger charge is -2.09. The van der Waals surface area contributed by atoms with Crippen LogP contribution >= 0.6 is 0 Å². The summed E-state index contributed by atoms with van der Waals surface area (Å²) >= 11 is 0. The van der Waals surface area contributed by atoms with E-state index in [9.17, 15) is 9.59 Å². The number of ketones is 1. The number of aliphatic carboxylic acids is 1. The van der Waals surface area contributed by atoms with E-state index in [1.807, 2.05) is 0 Å². The molecule has 2 atom stereocenters. The molecule has 0 saturated heterocycles. The first-order valence-corrected chi connectivity index (χ1v) is 3.91. The molecule has 3 nitrogen and oxygen atoms in total. The van der Waals surface area contributed by atoms with E-state index >= 15 is 0 Å². The second-order valence-electron chi connectivity index (χ2n) is 3.28. The minimum absolute atomic E-state index is 0.0279. The van der Waals surface area contributed by atoms with E-state index in [2.05, 4.69) is 0 Å². The lowest BCUT2D eigenvalue weighted by Crippen LogP contribution is -2.21. The highest BCUT2D eigenvalue weighted by Gasteiger charge is 2.39. The third kappa shape index (κ3) is 1.05. The van der Waals surface area contributed by atoms with Gasteiger partial charge < -0.3 is 5.11 Å². The number of carboxylic acids is 1. The zero-order valence-corrected chi connectivity index (χ0v) is 7.42. The summed E-state index contributed by atoms with van der Waals surface area (Å²) in [6.45, 7) is 5.08. The maximum absolute atomic E-state index is 11.3. The Labute approximate surface area is 71.1 Å². The summed E-state index contributed by atoms with van der Waals surface area (Å²) in [5.41, 5.74) is 1.33. The van der Waals surface area contributed by atoms with Crippen molar-refractivity contribution in [3.05, 3.63) is 11.1 Å². The molecular formula is C9H12O3. The van der Waals surface area contributed by atoms with Crippen molar-refractivity contribution in [2.75, 3.05) is 0 Å². The van der Waals surface area contributed by atoms with Crippen molar-refractivity contribution in [3.63, 3.8) is 0 Å². The summed E-state index contributed by atoms with van der Waals surface area (Å²) in [6, 6.07) is 0. The number of allylic oxidation sites excluding steroid dienone is 1. The molecule has 0 aromatic heterocycles. The quantitative estimate of drug-likeness (QED) is 0.641. The fraction of sp³-hybridized carbons (Fsp3) is 0.556. The van der Waals surface area contributed by atoms with E-state index in [4.69, 9.17) is 5.11 Å². The highest BCUT2D eigenvalue weighted by molar-refractivity contribution is 6.04. The Morgan fingerprint density at radius 2 is 1.92 bits per heavy atom. The molecule has 0 aliphatic heterocycles. The molecule has 0 saturated carbocycles. The smallest absolute Gasteiger partial charge is 0.311 e. The van der Waals surface area contributed by atoms with Crippen LogP contribution in [-0.4, -0.2) is 16.9 Å². The Morgan fingerprint density at radius 3 is 2.08 bits per heavy atom. The Hall–Kier alpha value is -1.12. The molecule has 1 aliphatic carbocycles. The minimum Gasteiger partial charge on any atom is -0.481 e. The lowest BCUT2D eigenvalue weighted by molar-refractivity contribution is -0.143. The number of carbonyl (C=O) groups is 2. The van der Waals surface area contributed by atoms with Gasteiger partial charge in [-0.25, -0.2) is 0 Å². The van der Waals surface area contributed by atoms with E-state index < -0.39 is 11.9 Å². The van der Waals surface area contributed by atoms with Crippen LogP contribution in [0.1, 0.15) is 20.8 Å². The number of carboxylic acid groups (broad SMARTS) is 1. The highest BCUT2D eigenvalue weighted by Crippen LogP contribution is 2.33. The molecule has 3 heteroatoms. The third-order valence-corrected chi connectivity index (χ3v) is 2.61. The lowest BCUT2D eigenvalue weighted by atomic mass is 9.93. The number of hydrogen-bond donors (Lipinski definition) is 1. The molecule has 1 N–H and O–H groups in total. The normalized spacial score (nSPS) is 29.8. The number of hydrogen-bond acceptors (Lipinski definition) is 2. The molecule has 0 fully saturated rings. The van der Waals surface area contributed by atoms with Crippen molar-refractivity contribution >= 4 is 11.8 Å². The molecule has 66 valence electrons. The molecule has 0 amide bonds. The molecule has 1 aliphatic rings. The van der Waals surface area contributed by atoms with Gasteiger partial charge in [0.1, 0.15) is 0 Å². The van der Waals surface area contributed by atoms with Crippen molar-refractivity contribution < 1.29 is 14.7 Å². The molecule has 12 heavy (non-hydrogen) atoms. The SMILES string of the molecule is CC1=C(C)C(C(=O)O)C(C)C1=O. The van der Waals surface area contributed by atoms with Crippen molar-refractivity contribution in [1.82, 2.24) is 0 Å². The maximum Gasteiger partial charge on any atom is 0.311 e. The highest BCUT2D eigenvalue weighted by atomic mass is 16.4. The van der Waals surface area contributed by atoms with Gasteiger partial charge in [0.05, 0.1) is 5.92 Å². The fourth-order valence-electron chi connectivity index (χ4n) is 1.69. The van der Waals surface area contributed by atoms with Crippen LogP contribution in [0.4, 0.5) is 0 Å². The Balaban J connectivity index is 3.07. The summed E-state index contributed by atoms with van der Waals surface area (Å²) in [6.07, 6.45) is 0. The molecule has 0 aromatic carbocycles. The van der Waals surface area contributed by atoms with Crippen molar-refractivity contribution in [1.29, 1.82) is 0 Å². The van der Waals surface area contributed by atoms with Gasteiger partial charge in [-0.05, 0) is 19.4 Å². The first-order valence-electron chi connectivity index (χ1n) is 3.91. The van der Waals surface area contributed by atoms with Crippen molar-refractivity contribution in [2.24, 2.45) is 11.8 Å². The van der Waals surface area contributed by atoms with Gasteiger partial charge in [-0.2, -0.15) is 0 Å². The van der Waals surface area contributed by atoms with Gasteiger partial charge in [-0.3, -0.25) is 9.59 Å². The van der Waals surface area contributed by atoms with Gasteiger partial charge in [0.15, 0.2) is 5.78 Å². The molecule has 0 radical (unpaired) electrons. The zero-order chi connectivity index (χ0) is 9.46. The predicted octanol–water partition coefficient (Wildman–Crippen LogP) is 1.24. The summed E-state index contributed by atoms with van der Waals surface area (Å²) in [5, 5.41) is 8.80. The molecule has 2 unspecified atom stereocenters. The Kier molecular flexibility index (Phi) is 2.04. The summed E-state index contributed by atoms with van der Waals surface area (Å²) in [7, 11) is 0. The van der Waals surface area contributed by atoms with Crippen LogP contribution in [0.15, 0.2) is 11.1 Å². The van der Waals surface area contributed by atoms with Crippen LogP contribution in [0.25, 0.3) is 0 Å². The second kappa shape index (κ2) is 2.73. The largest absolute Gasteiger partial charge is 0.481 e. The average Bonchev–Trinajstić information content (AvgIpc) is 2.16. The first-order chi connectivity index (χ1) is 5.46. The Morgan fingerprint density at radius 1 is 1.42 bits per heavy atom. The van der Waals surface area contributed by atoms with Crippen molar-refractivity contribution in [3.8, 4) is 0 Å². The van der Waals surface area contributed by atoms with Gasteiger partial charge in [0, 0.05) is 5.92 Å².